The van der Waals surface area contributed by atoms with Crippen LogP contribution < -0.4 is 16.0 Å². The van der Waals surface area contributed by atoms with Crippen LogP contribution in [0.5, 0.6) is 0 Å². The Labute approximate surface area is 225 Å². The molecule has 0 radical (unpaired) electrons. The SMILES string of the molecule is CN[C@H]1CN(C(=O)[C@H](c2cc(N3CCN(C4CC4)CC3)ccc2C(N)=O)C2CCCCC2)[C@@H]2C(=O)CO[C@H]12. The second-order valence-corrected chi connectivity index (χ2v) is 11.8. The molecular formula is C29H41N5O4. The number of fused-ring (bicyclic) bond motifs is 1. The highest BCUT2D eigenvalue weighted by Gasteiger charge is 2.53. The van der Waals surface area contributed by atoms with Gasteiger partial charge in [0.1, 0.15) is 18.8 Å². The summed E-state index contributed by atoms with van der Waals surface area (Å²) in [4.78, 5) is 46.7. The number of benzene rings is 1. The van der Waals surface area contributed by atoms with Gasteiger partial charge in [-0.15, -0.1) is 0 Å². The summed E-state index contributed by atoms with van der Waals surface area (Å²) in [6.07, 6.45) is 7.45. The Kier molecular flexibility index (Phi) is 7.18. The van der Waals surface area contributed by atoms with E-state index in [1.807, 2.05) is 19.2 Å². The topological polar surface area (TPSA) is 108 Å². The molecule has 2 saturated carbocycles. The van der Waals surface area contributed by atoms with E-state index >= 15 is 0 Å². The number of hydrogen-bond donors (Lipinski definition) is 2. The highest BCUT2D eigenvalue weighted by Crippen LogP contribution is 2.42. The molecule has 3 aliphatic heterocycles. The van der Waals surface area contributed by atoms with Crippen LogP contribution >= 0.6 is 0 Å². The molecule has 3 saturated heterocycles. The lowest BCUT2D eigenvalue weighted by Gasteiger charge is -2.38. The first-order chi connectivity index (χ1) is 18.5. The van der Waals surface area contributed by atoms with Crippen LogP contribution in [0.2, 0.25) is 0 Å². The fourth-order valence-electron chi connectivity index (χ4n) is 7.39. The van der Waals surface area contributed by atoms with Gasteiger partial charge in [-0.25, -0.2) is 0 Å². The van der Waals surface area contributed by atoms with E-state index in [0.717, 1.165) is 75.6 Å². The number of ketones is 1. The summed E-state index contributed by atoms with van der Waals surface area (Å²) < 4.78 is 5.80. The van der Waals surface area contributed by atoms with Gasteiger partial charge in [0, 0.05) is 50.0 Å². The number of ether oxygens (including phenoxy) is 1. The summed E-state index contributed by atoms with van der Waals surface area (Å²) in [5.74, 6) is -1.01. The fraction of sp³-hybridized carbons (Fsp3) is 0.690. The molecule has 0 bridgehead atoms. The number of rotatable bonds is 7. The molecule has 6 rings (SSSR count). The Hall–Kier alpha value is -2.49. The fourth-order valence-corrected chi connectivity index (χ4v) is 7.39. The van der Waals surface area contributed by atoms with E-state index in [1.54, 1.807) is 4.90 Å². The van der Waals surface area contributed by atoms with Gasteiger partial charge in [0.05, 0.1) is 12.0 Å². The first kappa shape index (κ1) is 25.8. The van der Waals surface area contributed by atoms with Crippen molar-refractivity contribution >= 4 is 23.3 Å². The predicted octanol–water partition coefficient (Wildman–Crippen LogP) is 1.50. The molecule has 3 N–H and O–H groups in total. The van der Waals surface area contributed by atoms with Crippen LogP contribution in [-0.2, 0) is 14.3 Å². The monoisotopic (exact) mass is 523 g/mol. The average molecular weight is 524 g/mol. The van der Waals surface area contributed by atoms with Gasteiger partial charge in [0.15, 0.2) is 5.78 Å². The summed E-state index contributed by atoms with van der Waals surface area (Å²) in [5, 5.41) is 3.24. The first-order valence-electron chi connectivity index (χ1n) is 14.5. The Bertz CT molecular complexity index is 1080. The normalized spacial score (nSPS) is 29.5. The van der Waals surface area contributed by atoms with Gasteiger partial charge >= 0.3 is 0 Å². The van der Waals surface area contributed by atoms with Gasteiger partial charge in [-0.05, 0) is 62.4 Å². The van der Waals surface area contributed by atoms with Crippen molar-refractivity contribution in [1.29, 1.82) is 0 Å². The number of nitrogens with zero attached hydrogens (tertiary/aromatic N) is 3. The number of nitrogens with two attached hydrogens (primary N) is 1. The lowest BCUT2D eigenvalue weighted by atomic mass is 9.74. The number of amides is 2. The largest absolute Gasteiger partial charge is 0.369 e. The van der Waals surface area contributed by atoms with E-state index < -0.39 is 17.9 Å². The molecule has 9 nitrogen and oxygen atoms in total. The molecule has 38 heavy (non-hydrogen) atoms. The Morgan fingerprint density at radius 2 is 1.79 bits per heavy atom. The first-order valence-corrected chi connectivity index (χ1v) is 14.5. The van der Waals surface area contributed by atoms with Crippen LogP contribution in [0.15, 0.2) is 18.2 Å². The number of hydrogen-bond acceptors (Lipinski definition) is 7. The number of primary amides is 1. The van der Waals surface area contributed by atoms with Crippen LogP contribution in [-0.4, -0.2) is 98.0 Å². The minimum Gasteiger partial charge on any atom is -0.369 e. The molecule has 0 unspecified atom stereocenters. The third-order valence-electron chi connectivity index (χ3n) is 9.60. The van der Waals surface area contributed by atoms with Gasteiger partial charge in [-0.3, -0.25) is 19.3 Å². The van der Waals surface area contributed by atoms with Gasteiger partial charge in [0.2, 0.25) is 11.8 Å². The van der Waals surface area contributed by atoms with Crippen molar-refractivity contribution in [1.82, 2.24) is 15.1 Å². The second kappa shape index (κ2) is 10.6. The molecule has 0 spiro atoms. The summed E-state index contributed by atoms with van der Waals surface area (Å²) in [6, 6.07) is 5.95. The van der Waals surface area contributed by atoms with Crippen molar-refractivity contribution in [3.63, 3.8) is 0 Å². The lowest BCUT2D eigenvalue weighted by Crippen LogP contribution is -2.47. The molecule has 3 heterocycles. The number of likely N-dealkylation sites (N-methyl/N-ethyl adjacent to an activating group) is 1. The van der Waals surface area contributed by atoms with Crippen LogP contribution in [0.3, 0.4) is 0 Å². The van der Waals surface area contributed by atoms with Crippen molar-refractivity contribution in [2.75, 3.05) is 51.3 Å². The molecule has 2 aliphatic carbocycles. The Morgan fingerprint density at radius 1 is 1.05 bits per heavy atom. The van der Waals surface area contributed by atoms with Crippen molar-refractivity contribution in [3.8, 4) is 0 Å². The van der Waals surface area contributed by atoms with Gasteiger partial charge < -0.3 is 25.6 Å². The zero-order valence-corrected chi connectivity index (χ0v) is 22.4. The summed E-state index contributed by atoms with van der Waals surface area (Å²) in [5.41, 5.74) is 8.10. The van der Waals surface area contributed by atoms with Crippen LogP contribution in [0.4, 0.5) is 5.69 Å². The van der Waals surface area contributed by atoms with E-state index in [-0.39, 0.29) is 36.4 Å². The molecule has 4 atom stereocenters. The molecule has 5 fully saturated rings. The molecule has 2 amide bonds. The second-order valence-electron chi connectivity index (χ2n) is 11.8. The molecule has 9 heteroatoms. The number of piperazine rings is 1. The highest BCUT2D eigenvalue weighted by molar-refractivity contribution is 5.99. The molecule has 206 valence electrons. The van der Waals surface area contributed by atoms with E-state index in [1.165, 1.54) is 12.8 Å². The van der Waals surface area contributed by atoms with E-state index in [2.05, 4.69) is 21.2 Å². The zero-order valence-electron chi connectivity index (χ0n) is 22.4. The van der Waals surface area contributed by atoms with Crippen molar-refractivity contribution in [2.45, 2.75) is 75.1 Å². The number of Topliss-reactive ketones (excluding diaryl/α,β-unsaturated/α-hetero) is 1. The van der Waals surface area contributed by atoms with Gasteiger partial charge in [-0.1, -0.05) is 19.3 Å². The average Bonchev–Trinajstić information content (AvgIpc) is 3.63. The van der Waals surface area contributed by atoms with Crippen molar-refractivity contribution in [2.24, 2.45) is 11.7 Å². The van der Waals surface area contributed by atoms with Gasteiger partial charge in [-0.2, -0.15) is 0 Å². The summed E-state index contributed by atoms with van der Waals surface area (Å²) in [7, 11) is 1.85. The Balaban J connectivity index is 1.35. The maximum absolute atomic E-state index is 14.5. The highest BCUT2D eigenvalue weighted by atomic mass is 16.5. The molecule has 5 aliphatic rings. The molecule has 0 aromatic heterocycles. The maximum atomic E-state index is 14.5. The smallest absolute Gasteiger partial charge is 0.249 e. The van der Waals surface area contributed by atoms with E-state index in [9.17, 15) is 14.4 Å². The number of carbonyl (C=O) groups excluding carboxylic acids is 3. The van der Waals surface area contributed by atoms with Gasteiger partial charge in [0.25, 0.3) is 0 Å². The molecule has 1 aromatic rings. The summed E-state index contributed by atoms with van der Waals surface area (Å²) in [6.45, 7) is 4.40. The standard InChI is InChI=1S/C29H41N5O4/c1-31-23-16-34(26-24(35)17-38-27(23)26)29(37)25(18-5-3-2-4-6-18)22-15-20(9-10-21(22)28(30)36)33-13-11-32(12-14-33)19-7-8-19/h9-10,15,18-19,23,25-27,31H,2-8,11-14,16-17H2,1H3,(H2,30,36)/t23-,25-,26+,27+/m0/s1. The van der Waals surface area contributed by atoms with Crippen molar-refractivity contribution in [3.05, 3.63) is 29.3 Å². The number of carbonyl (C=O) groups is 3. The lowest BCUT2D eigenvalue weighted by molar-refractivity contribution is -0.139. The third kappa shape index (κ3) is 4.73. The molecule has 1 aromatic carbocycles. The van der Waals surface area contributed by atoms with Crippen LogP contribution in [0.1, 0.15) is 66.8 Å². The minimum atomic E-state index is -0.568. The Morgan fingerprint density at radius 3 is 2.45 bits per heavy atom. The van der Waals surface area contributed by atoms with Crippen LogP contribution in [0.25, 0.3) is 0 Å². The van der Waals surface area contributed by atoms with E-state index in [0.29, 0.717) is 12.1 Å². The maximum Gasteiger partial charge on any atom is 0.249 e. The third-order valence-corrected chi connectivity index (χ3v) is 9.60. The van der Waals surface area contributed by atoms with E-state index in [4.69, 9.17) is 10.5 Å². The minimum absolute atomic E-state index is 0.0408. The quantitative estimate of drug-likeness (QED) is 0.558. The number of likely N-dealkylation sites (tertiary alicyclic amines) is 1. The predicted molar refractivity (Wildman–Crippen MR) is 144 cm³/mol. The zero-order chi connectivity index (χ0) is 26.4. The van der Waals surface area contributed by atoms with Crippen LogP contribution in [0, 0.1) is 5.92 Å². The number of anilines is 1. The molecular weight excluding hydrogens is 482 g/mol. The summed E-state index contributed by atoms with van der Waals surface area (Å²) >= 11 is 0. The van der Waals surface area contributed by atoms with Crippen molar-refractivity contribution < 1.29 is 19.1 Å². The number of nitrogens with one attached hydrogen (secondary N) is 1.